The second kappa shape index (κ2) is 11.7. The second-order valence-electron chi connectivity index (χ2n) is 12.0. The third-order valence-electron chi connectivity index (χ3n) is 7.50. The summed E-state index contributed by atoms with van der Waals surface area (Å²) in [7, 11) is 1.44. The summed E-state index contributed by atoms with van der Waals surface area (Å²) in [4.78, 5) is 33.4. The van der Waals surface area contributed by atoms with Crippen LogP contribution in [0.4, 0.5) is 9.93 Å². The maximum atomic E-state index is 12.5. The van der Waals surface area contributed by atoms with Crippen molar-refractivity contribution in [2.45, 2.75) is 66.2 Å². The summed E-state index contributed by atoms with van der Waals surface area (Å²) in [5.41, 5.74) is 7.03. The van der Waals surface area contributed by atoms with Crippen molar-refractivity contribution in [3.63, 3.8) is 0 Å². The van der Waals surface area contributed by atoms with Crippen LogP contribution in [0.3, 0.4) is 0 Å². The number of aromatic nitrogens is 1. The Bertz CT molecular complexity index is 1440. The number of carbonyl (C=O) groups excluding carboxylic acids is 2. The summed E-state index contributed by atoms with van der Waals surface area (Å²) in [6, 6.07) is 10.6. The van der Waals surface area contributed by atoms with E-state index in [4.69, 9.17) is 19.2 Å². The lowest BCUT2D eigenvalue weighted by Gasteiger charge is -2.31. The van der Waals surface area contributed by atoms with E-state index < -0.39 is 5.60 Å². The van der Waals surface area contributed by atoms with E-state index >= 15 is 0 Å². The van der Waals surface area contributed by atoms with Gasteiger partial charge < -0.3 is 24.0 Å². The Morgan fingerprint density at radius 3 is 2.66 bits per heavy atom. The number of ether oxygens (including phenoxy) is 3. The van der Waals surface area contributed by atoms with Gasteiger partial charge in [-0.25, -0.2) is 9.78 Å². The highest BCUT2D eigenvalue weighted by Crippen LogP contribution is 2.38. The van der Waals surface area contributed by atoms with Crippen LogP contribution in [0, 0.1) is 19.8 Å². The lowest BCUT2D eigenvalue weighted by Crippen LogP contribution is -2.39. The number of hydrogen-bond acceptors (Lipinski definition) is 8. The number of rotatable bonds is 6. The number of fused-ring (bicyclic) bond motifs is 1. The molecule has 1 amide bonds. The van der Waals surface area contributed by atoms with Gasteiger partial charge in [0.15, 0.2) is 5.13 Å². The molecule has 2 aliphatic heterocycles. The minimum atomic E-state index is -0.507. The first-order chi connectivity index (χ1) is 19.5. The molecule has 1 atom stereocenters. The number of esters is 1. The number of amides is 1. The fraction of sp³-hybridized carbons (Fsp3) is 0.469. The number of carbonyl (C=O) groups is 2. The summed E-state index contributed by atoms with van der Waals surface area (Å²) < 4.78 is 17.0. The molecule has 0 radical (unpaired) electrons. The fourth-order valence-corrected chi connectivity index (χ4v) is 6.36. The summed E-state index contributed by atoms with van der Waals surface area (Å²) in [5.74, 6) is 0.566. The zero-order chi connectivity index (χ0) is 29.3. The van der Waals surface area contributed by atoms with Crippen molar-refractivity contribution in [3.8, 4) is 17.0 Å². The van der Waals surface area contributed by atoms with Gasteiger partial charge in [-0.15, -0.1) is 11.3 Å². The number of nitrogens with zero attached hydrogens (tertiary/aromatic N) is 3. The van der Waals surface area contributed by atoms with Gasteiger partial charge in [0.25, 0.3) is 0 Å². The molecule has 0 N–H and O–H groups in total. The summed E-state index contributed by atoms with van der Waals surface area (Å²) in [5, 5.41) is 2.98. The molecular weight excluding hydrogens is 538 g/mol. The van der Waals surface area contributed by atoms with Crippen LogP contribution in [0.15, 0.2) is 35.7 Å². The maximum Gasteiger partial charge on any atom is 0.410 e. The van der Waals surface area contributed by atoms with Gasteiger partial charge in [-0.2, -0.15) is 0 Å². The normalized spacial score (nSPS) is 16.9. The number of anilines is 1. The Kier molecular flexibility index (Phi) is 8.27. The first kappa shape index (κ1) is 28.9. The van der Waals surface area contributed by atoms with Gasteiger partial charge in [-0.3, -0.25) is 4.79 Å². The van der Waals surface area contributed by atoms with Crippen LogP contribution in [0.2, 0.25) is 0 Å². The van der Waals surface area contributed by atoms with E-state index in [0.29, 0.717) is 26.2 Å². The van der Waals surface area contributed by atoms with E-state index in [2.05, 4.69) is 54.5 Å². The molecule has 0 bridgehead atoms. The number of thiazole rings is 1. The molecule has 1 unspecified atom stereocenters. The van der Waals surface area contributed by atoms with Gasteiger partial charge >= 0.3 is 12.1 Å². The maximum absolute atomic E-state index is 12.5. The van der Waals surface area contributed by atoms with Gasteiger partial charge in [0.05, 0.1) is 18.7 Å². The van der Waals surface area contributed by atoms with Crippen molar-refractivity contribution < 1.29 is 23.8 Å². The van der Waals surface area contributed by atoms with Crippen molar-refractivity contribution in [1.29, 1.82) is 0 Å². The molecule has 1 fully saturated rings. The Morgan fingerprint density at radius 2 is 1.90 bits per heavy atom. The van der Waals surface area contributed by atoms with Gasteiger partial charge in [0.1, 0.15) is 18.0 Å². The Labute approximate surface area is 246 Å². The van der Waals surface area contributed by atoms with Crippen LogP contribution in [0.5, 0.6) is 5.75 Å². The first-order valence-corrected chi connectivity index (χ1v) is 15.0. The van der Waals surface area contributed by atoms with E-state index in [9.17, 15) is 9.59 Å². The predicted octanol–water partition coefficient (Wildman–Crippen LogP) is 6.30. The molecule has 2 aliphatic rings. The lowest BCUT2D eigenvalue weighted by atomic mass is 9.97. The van der Waals surface area contributed by atoms with E-state index in [-0.39, 0.29) is 18.0 Å². The van der Waals surface area contributed by atoms with E-state index in [1.54, 1.807) is 16.2 Å². The molecule has 0 aliphatic carbocycles. The Balaban J connectivity index is 1.29. The lowest BCUT2D eigenvalue weighted by molar-refractivity contribution is -0.144. The molecule has 1 aromatic heterocycles. The first-order valence-electron chi connectivity index (χ1n) is 14.1. The molecule has 9 heteroatoms. The average Bonchev–Trinajstić information content (AvgIpc) is 3.61. The average molecular weight is 578 g/mol. The van der Waals surface area contributed by atoms with Crippen LogP contribution < -0.4 is 9.64 Å². The summed E-state index contributed by atoms with van der Waals surface area (Å²) in [6.07, 6.45) is 1.29. The van der Waals surface area contributed by atoms with Gasteiger partial charge in [0, 0.05) is 37.1 Å². The quantitative estimate of drug-likeness (QED) is 0.318. The molecule has 0 spiro atoms. The second-order valence-corrected chi connectivity index (χ2v) is 12.8. The van der Waals surface area contributed by atoms with Crippen molar-refractivity contribution >= 4 is 28.5 Å². The predicted molar refractivity (Wildman–Crippen MR) is 160 cm³/mol. The van der Waals surface area contributed by atoms with Gasteiger partial charge in [-0.05, 0) is 81.3 Å². The molecular formula is C32H39N3O5S. The summed E-state index contributed by atoms with van der Waals surface area (Å²) in [6.45, 7) is 12.9. The number of hydrogen-bond donors (Lipinski definition) is 0. The van der Waals surface area contributed by atoms with Gasteiger partial charge in [0.2, 0.25) is 0 Å². The number of benzene rings is 2. The highest BCUT2D eigenvalue weighted by molar-refractivity contribution is 7.14. The third-order valence-corrected chi connectivity index (χ3v) is 8.40. The molecule has 41 heavy (non-hydrogen) atoms. The van der Waals surface area contributed by atoms with Crippen molar-refractivity contribution in [1.82, 2.24) is 9.88 Å². The van der Waals surface area contributed by atoms with Crippen LogP contribution in [0.1, 0.15) is 55.0 Å². The van der Waals surface area contributed by atoms with Crippen molar-refractivity contribution in [3.05, 3.63) is 63.5 Å². The molecule has 0 saturated carbocycles. The molecule has 5 rings (SSSR count). The minimum absolute atomic E-state index is 0.107. The monoisotopic (exact) mass is 577 g/mol. The number of methoxy groups -OCH3 is 1. The van der Waals surface area contributed by atoms with Crippen LogP contribution >= 0.6 is 11.3 Å². The molecule has 2 aromatic carbocycles. The Morgan fingerprint density at radius 1 is 1.10 bits per heavy atom. The van der Waals surface area contributed by atoms with Crippen LogP contribution in [0.25, 0.3) is 11.3 Å². The largest absolute Gasteiger partial charge is 0.488 e. The highest BCUT2D eigenvalue weighted by atomic mass is 32.1. The third kappa shape index (κ3) is 6.67. The highest BCUT2D eigenvalue weighted by Gasteiger charge is 2.31. The van der Waals surface area contributed by atoms with E-state index in [0.717, 1.165) is 63.8 Å². The van der Waals surface area contributed by atoms with Crippen molar-refractivity contribution in [2.24, 2.45) is 5.92 Å². The zero-order valence-electron chi connectivity index (χ0n) is 24.8. The van der Waals surface area contributed by atoms with Gasteiger partial charge in [-0.1, -0.05) is 24.3 Å². The standard InChI is InChI=1S/C32H39N3O5S/c1-20-13-21(2)28(26(14-20)27-19-41-30(33-27)34-11-10-25(17-34)29(36)38-6)39-18-22-7-8-24-16-35(12-9-23(24)15-22)31(37)40-32(3,4)5/h7-8,13-15,19,25H,9-12,16-18H2,1-6H3. The van der Waals surface area contributed by atoms with Crippen LogP contribution in [-0.4, -0.2) is 54.3 Å². The smallest absolute Gasteiger partial charge is 0.410 e. The SMILES string of the molecule is COC(=O)C1CCN(c2nc(-c3cc(C)cc(C)c3OCc3ccc4c(c3)CCN(C(=O)OC(C)(C)C)C4)cs2)C1. The minimum Gasteiger partial charge on any atom is -0.488 e. The Hall–Kier alpha value is -3.59. The number of aryl methyl sites for hydroxylation is 2. The molecule has 3 aromatic rings. The molecule has 3 heterocycles. The van der Waals surface area contributed by atoms with Crippen molar-refractivity contribution in [2.75, 3.05) is 31.6 Å². The fourth-order valence-electron chi connectivity index (χ4n) is 5.50. The summed E-state index contributed by atoms with van der Waals surface area (Å²) >= 11 is 1.59. The molecule has 8 nitrogen and oxygen atoms in total. The van der Waals surface area contributed by atoms with E-state index in [1.165, 1.54) is 12.7 Å². The molecule has 218 valence electrons. The molecule has 1 saturated heterocycles. The zero-order valence-corrected chi connectivity index (χ0v) is 25.6. The van der Waals surface area contributed by atoms with E-state index in [1.807, 2.05) is 20.8 Å². The topological polar surface area (TPSA) is 81.2 Å². The van der Waals surface area contributed by atoms with Crippen LogP contribution in [-0.2, 0) is 33.8 Å².